The molecular weight excluding hydrogens is 440 g/mol. The average molecular weight is 473 g/mol. The molecule has 4 heterocycles. The zero-order valence-corrected chi connectivity index (χ0v) is 19.7. The van der Waals surface area contributed by atoms with Crippen molar-refractivity contribution in [3.05, 3.63) is 54.4 Å². The van der Waals surface area contributed by atoms with Crippen molar-refractivity contribution < 1.29 is 17.9 Å². The summed E-state index contributed by atoms with van der Waals surface area (Å²) in [5, 5.41) is 0. The van der Waals surface area contributed by atoms with Crippen molar-refractivity contribution in [1.29, 1.82) is 0 Å². The van der Waals surface area contributed by atoms with Crippen molar-refractivity contribution in [2.75, 3.05) is 45.9 Å². The topological polar surface area (TPSA) is 75.1 Å². The molecule has 1 aromatic heterocycles. The summed E-state index contributed by atoms with van der Waals surface area (Å²) >= 11 is 0. The van der Waals surface area contributed by atoms with Gasteiger partial charge in [-0.15, -0.1) is 0 Å². The number of hydrogen-bond acceptors (Lipinski definition) is 5. The van der Waals surface area contributed by atoms with E-state index in [4.69, 9.17) is 4.74 Å². The number of amides is 1. The predicted molar refractivity (Wildman–Crippen MR) is 124 cm³/mol. The first-order valence-electron chi connectivity index (χ1n) is 11.9. The molecule has 1 atom stereocenters. The third kappa shape index (κ3) is 4.59. The highest BCUT2D eigenvalue weighted by atomic mass is 32.2. The maximum absolute atomic E-state index is 13.5. The Kier molecular flexibility index (Phi) is 6.56. The highest BCUT2D eigenvalue weighted by molar-refractivity contribution is 7.89. The first-order chi connectivity index (χ1) is 16.0. The zero-order valence-electron chi connectivity index (χ0n) is 18.9. The quantitative estimate of drug-likeness (QED) is 0.665. The van der Waals surface area contributed by atoms with E-state index in [9.17, 15) is 13.2 Å². The van der Waals surface area contributed by atoms with Crippen molar-refractivity contribution in [1.82, 2.24) is 18.7 Å². The molecule has 0 saturated carbocycles. The molecule has 0 spiro atoms. The van der Waals surface area contributed by atoms with Gasteiger partial charge >= 0.3 is 0 Å². The van der Waals surface area contributed by atoms with Gasteiger partial charge in [-0.1, -0.05) is 18.2 Å². The summed E-state index contributed by atoms with van der Waals surface area (Å²) in [5.41, 5.74) is 0.886. The van der Waals surface area contributed by atoms with Crippen LogP contribution >= 0.6 is 0 Å². The second-order valence-corrected chi connectivity index (χ2v) is 10.9. The van der Waals surface area contributed by atoms with Gasteiger partial charge in [-0.05, 0) is 37.1 Å². The number of carbonyl (C=O) groups excluding carboxylic acids is 1. The van der Waals surface area contributed by atoms with Gasteiger partial charge in [0, 0.05) is 63.6 Å². The molecule has 0 aliphatic carbocycles. The molecule has 5 rings (SSSR count). The molecule has 178 valence electrons. The lowest BCUT2D eigenvalue weighted by Crippen LogP contribution is -2.50. The van der Waals surface area contributed by atoms with Gasteiger partial charge in [0.1, 0.15) is 0 Å². The fourth-order valence-corrected chi connectivity index (χ4v) is 6.99. The number of likely N-dealkylation sites (tertiary alicyclic amines) is 1. The first-order valence-corrected chi connectivity index (χ1v) is 13.3. The first kappa shape index (κ1) is 22.6. The minimum absolute atomic E-state index is 0.0309. The molecule has 3 aliphatic rings. The van der Waals surface area contributed by atoms with E-state index in [0.29, 0.717) is 19.1 Å². The van der Waals surface area contributed by atoms with Crippen molar-refractivity contribution in [3.8, 4) is 0 Å². The molecule has 0 radical (unpaired) electrons. The van der Waals surface area contributed by atoms with Crippen LogP contribution in [0.5, 0.6) is 0 Å². The number of piperidine rings is 1. The average Bonchev–Trinajstić information content (AvgIpc) is 3.35. The molecule has 0 N–H and O–H groups in total. The number of carbonyl (C=O) groups is 1. The van der Waals surface area contributed by atoms with Crippen LogP contribution < -0.4 is 0 Å². The monoisotopic (exact) mass is 472 g/mol. The van der Waals surface area contributed by atoms with Crippen LogP contribution in [0.15, 0.2) is 53.6 Å². The van der Waals surface area contributed by atoms with E-state index >= 15 is 0 Å². The van der Waals surface area contributed by atoms with Crippen LogP contribution in [0.3, 0.4) is 0 Å². The molecule has 2 aromatic rings. The van der Waals surface area contributed by atoms with E-state index in [1.165, 1.54) is 4.31 Å². The van der Waals surface area contributed by atoms with Crippen LogP contribution in [-0.4, -0.2) is 85.0 Å². The van der Waals surface area contributed by atoms with Crippen LogP contribution in [-0.2, 0) is 26.1 Å². The Morgan fingerprint density at radius 3 is 2.36 bits per heavy atom. The molecule has 8 nitrogen and oxygen atoms in total. The fraction of sp³-hybridized carbons (Fsp3) is 0.542. The van der Waals surface area contributed by atoms with Gasteiger partial charge in [0.15, 0.2) is 0 Å². The lowest BCUT2D eigenvalue weighted by atomic mass is 10.0. The van der Waals surface area contributed by atoms with E-state index in [2.05, 4.69) is 9.47 Å². The van der Waals surface area contributed by atoms with Crippen molar-refractivity contribution >= 4 is 15.9 Å². The van der Waals surface area contributed by atoms with Crippen LogP contribution in [0.4, 0.5) is 0 Å². The summed E-state index contributed by atoms with van der Waals surface area (Å²) in [6, 6.07) is 12.4. The summed E-state index contributed by atoms with van der Waals surface area (Å²) in [5.74, 6) is 0.0309. The SMILES string of the molecule is O=C(CC1c2cccn2CCN1S(=O)(=O)c1ccccc1)N1CCC(N2CCOCC2)CC1. The van der Waals surface area contributed by atoms with Crippen molar-refractivity contribution in [2.24, 2.45) is 0 Å². The molecular formula is C24H32N4O4S. The lowest BCUT2D eigenvalue weighted by molar-refractivity contribution is -0.134. The van der Waals surface area contributed by atoms with E-state index in [1.54, 1.807) is 24.3 Å². The van der Waals surface area contributed by atoms with Gasteiger partial charge in [-0.25, -0.2) is 8.42 Å². The molecule has 33 heavy (non-hydrogen) atoms. The molecule has 2 saturated heterocycles. The Morgan fingerprint density at radius 1 is 0.909 bits per heavy atom. The zero-order chi connectivity index (χ0) is 22.8. The number of benzene rings is 1. The Labute approximate surface area is 195 Å². The van der Waals surface area contributed by atoms with Gasteiger partial charge in [0.05, 0.1) is 24.2 Å². The second-order valence-electron chi connectivity index (χ2n) is 9.04. The maximum Gasteiger partial charge on any atom is 0.243 e. The standard InChI is InChI=1S/C24H32N4O4S/c29-24(27-11-8-20(9-12-27)25-15-17-32-18-16-25)19-23-22-7-4-10-26(22)13-14-28(23)33(30,31)21-5-2-1-3-6-21/h1-7,10,20,23H,8-9,11-19H2. The Morgan fingerprint density at radius 2 is 1.64 bits per heavy atom. The molecule has 2 fully saturated rings. The van der Waals surface area contributed by atoms with Crippen molar-refractivity contribution in [3.63, 3.8) is 0 Å². The number of rotatable bonds is 5. The maximum atomic E-state index is 13.5. The highest BCUT2D eigenvalue weighted by Gasteiger charge is 2.39. The van der Waals surface area contributed by atoms with Crippen molar-refractivity contribution in [2.45, 2.75) is 42.8 Å². The number of nitrogens with zero attached hydrogens (tertiary/aromatic N) is 4. The van der Waals surface area contributed by atoms with E-state index < -0.39 is 16.1 Å². The third-order valence-electron chi connectivity index (χ3n) is 7.21. The number of morpholine rings is 1. The second kappa shape index (κ2) is 9.58. The number of ether oxygens (including phenoxy) is 1. The van der Waals surface area contributed by atoms with E-state index in [0.717, 1.165) is 57.9 Å². The normalized spacial score (nSPS) is 23.4. The predicted octanol–water partition coefficient (Wildman–Crippen LogP) is 1.95. The Balaban J connectivity index is 1.30. The van der Waals surface area contributed by atoms with Gasteiger partial charge in [-0.2, -0.15) is 4.31 Å². The van der Waals surface area contributed by atoms with Crippen LogP contribution in [0.25, 0.3) is 0 Å². The van der Waals surface area contributed by atoms with Crippen LogP contribution in [0, 0.1) is 0 Å². The number of fused-ring (bicyclic) bond motifs is 1. The van der Waals surface area contributed by atoms with Crippen LogP contribution in [0.1, 0.15) is 31.0 Å². The van der Waals surface area contributed by atoms with Gasteiger partial charge in [-0.3, -0.25) is 9.69 Å². The van der Waals surface area contributed by atoms with Gasteiger partial charge < -0.3 is 14.2 Å². The highest BCUT2D eigenvalue weighted by Crippen LogP contribution is 2.34. The summed E-state index contributed by atoms with van der Waals surface area (Å²) < 4.78 is 36.0. The number of hydrogen-bond donors (Lipinski definition) is 0. The molecule has 1 unspecified atom stereocenters. The lowest BCUT2D eigenvalue weighted by Gasteiger charge is -2.41. The molecule has 9 heteroatoms. The number of aromatic nitrogens is 1. The van der Waals surface area contributed by atoms with E-state index in [-0.39, 0.29) is 17.2 Å². The van der Waals surface area contributed by atoms with Gasteiger partial charge in [0.2, 0.25) is 15.9 Å². The third-order valence-corrected chi connectivity index (χ3v) is 9.13. The number of sulfonamides is 1. The van der Waals surface area contributed by atoms with E-state index in [1.807, 2.05) is 29.3 Å². The summed E-state index contributed by atoms with van der Waals surface area (Å²) in [6.07, 6.45) is 4.04. The molecule has 1 aromatic carbocycles. The molecule has 3 aliphatic heterocycles. The summed E-state index contributed by atoms with van der Waals surface area (Å²) in [7, 11) is -3.70. The molecule has 1 amide bonds. The minimum atomic E-state index is -3.70. The minimum Gasteiger partial charge on any atom is -0.379 e. The smallest absolute Gasteiger partial charge is 0.243 e. The molecule has 0 bridgehead atoms. The Hall–Kier alpha value is -2.20. The summed E-state index contributed by atoms with van der Waals surface area (Å²) in [6.45, 7) is 5.88. The van der Waals surface area contributed by atoms with Gasteiger partial charge in [0.25, 0.3) is 0 Å². The summed E-state index contributed by atoms with van der Waals surface area (Å²) in [4.78, 5) is 18.0. The van der Waals surface area contributed by atoms with Crippen LogP contribution in [0.2, 0.25) is 0 Å². The Bertz CT molecular complexity index is 1060. The fourth-order valence-electron chi connectivity index (χ4n) is 5.38. The largest absolute Gasteiger partial charge is 0.379 e.